The molecule has 1 aliphatic heterocycles. The standard InChI is InChI=1S/C29H25F4N7O4S/c1-4-43-24-12-8-19(38(2)3)14-23(24)40-25(41)15-45-28(40)36-27(42)35-22-11-5-17(13-21(22)30)26-34-16-39(37-26)18-6-9-20(10-7-18)44-29(31,32)33/h5-14,16H,4,15H2,1-3H3,(H,35,42)/b36-28-. The van der Waals surface area contributed by atoms with E-state index in [9.17, 15) is 22.8 Å². The van der Waals surface area contributed by atoms with Gasteiger partial charge in [-0.2, -0.15) is 4.99 Å². The summed E-state index contributed by atoms with van der Waals surface area (Å²) in [4.78, 5) is 37.0. The van der Waals surface area contributed by atoms with Crippen molar-refractivity contribution < 1.29 is 36.6 Å². The Hall–Kier alpha value is -5.12. The lowest BCUT2D eigenvalue weighted by atomic mass is 10.2. The lowest BCUT2D eigenvalue weighted by Gasteiger charge is -2.22. The Kier molecular flexibility index (Phi) is 8.94. The van der Waals surface area contributed by atoms with E-state index >= 15 is 4.39 Å². The number of nitrogens with one attached hydrogen (secondary N) is 1. The molecule has 0 saturated carbocycles. The van der Waals surface area contributed by atoms with Gasteiger partial charge in [-0.1, -0.05) is 11.8 Å². The van der Waals surface area contributed by atoms with Gasteiger partial charge in [0.1, 0.15) is 23.6 Å². The molecule has 1 saturated heterocycles. The van der Waals surface area contributed by atoms with E-state index in [1.165, 1.54) is 40.2 Å². The first kappa shape index (κ1) is 31.3. The number of nitrogens with zero attached hydrogens (tertiary/aromatic N) is 6. The van der Waals surface area contributed by atoms with E-state index < -0.39 is 24.0 Å². The summed E-state index contributed by atoms with van der Waals surface area (Å²) in [7, 11) is 3.70. The summed E-state index contributed by atoms with van der Waals surface area (Å²) in [5, 5.41) is 6.75. The summed E-state index contributed by atoms with van der Waals surface area (Å²) in [6.07, 6.45) is -3.50. The van der Waals surface area contributed by atoms with E-state index in [2.05, 4.69) is 25.1 Å². The number of aliphatic imine (C=N–C) groups is 1. The molecule has 0 radical (unpaired) electrons. The maximum Gasteiger partial charge on any atom is 0.573 e. The average molecular weight is 644 g/mol. The Labute approximate surface area is 258 Å². The zero-order valence-electron chi connectivity index (χ0n) is 24.0. The number of hydrogen-bond donors (Lipinski definition) is 1. The minimum absolute atomic E-state index is 0.0536. The van der Waals surface area contributed by atoms with Crippen molar-refractivity contribution >= 4 is 45.9 Å². The largest absolute Gasteiger partial charge is 0.573 e. The van der Waals surface area contributed by atoms with Crippen LogP contribution in [0.2, 0.25) is 0 Å². The second-order valence-electron chi connectivity index (χ2n) is 9.57. The summed E-state index contributed by atoms with van der Waals surface area (Å²) < 4.78 is 63.2. The van der Waals surface area contributed by atoms with Crippen molar-refractivity contribution in [1.82, 2.24) is 14.8 Å². The minimum Gasteiger partial charge on any atom is -0.492 e. The molecule has 0 aliphatic carbocycles. The number of rotatable bonds is 8. The number of carbonyl (C=O) groups excluding carboxylic acids is 2. The highest BCUT2D eigenvalue weighted by atomic mass is 32.2. The van der Waals surface area contributed by atoms with E-state index in [0.717, 1.165) is 35.6 Å². The van der Waals surface area contributed by atoms with Gasteiger partial charge in [-0.15, -0.1) is 18.3 Å². The van der Waals surface area contributed by atoms with Crippen LogP contribution in [0.3, 0.4) is 0 Å². The number of amides is 3. The third kappa shape index (κ3) is 7.34. The van der Waals surface area contributed by atoms with Gasteiger partial charge in [-0.05, 0) is 67.6 Å². The second-order valence-corrected chi connectivity index (χ2v) is 10.5. The maximum absolute atomic E-state index is 15.1. The fraction of sp³-hybridized carbons (Fsp3) is 0.207. The van der Waals surface area contributed by atoms with Gasteiger partial charge in [-0.3, -0.25) is 9.69 Å². The molecule has 1 N–H and O–H groups in total. The number of ether oxygens (including phenoxy) is 2. The molecule has 0 unspecified atom stereocenters. The van der Waals surface area contributed by atoms with Gasteiger partial charge in [-0.25, -0.2) is 18.9 Å². The van der Waals surface area contributed by atoms with Crippen molar-refractivity contribution in [2.24, 2.45) is 4.99 Å². The summed E-state index contributed by atoms with van der Waals surface area (Å²) in [5.74, 6) is -0.859. The molecule has 0 spiro atoms. The van der Waals surface area contributed by atoms with Crippen LogP contribution in [0.15, 0.2) is 72.0 Å². The van der Waals surface area contributed by atoms with Crippen LogP contribution in [0.5, 0.6) is 11.5 Å². The number of halogens is 4. The topological polar surface area (TPSA) is 114 Å². The van der Waals surface area contributed by atoms with Crippen LogP contribution in [0.25, 0.3) is 17.1 Å². The number of carbonyl (C=O) groups is 2. The molecule has 0 bridgehead atoms. The van der Waals surface area contributed by atoms with E-state index in [1.54, 1.807) is 12.1 Å². The molecule has 0 atom stereocenters. The van der Waals surface area contributed by atoms with E-state index in [4.69, 9.17) is 4.74 Å². The predicted octanol–water partition coefficient (Wildman–Crippen LogP) is 6.10. The first-order chi connectivity index (χ1) is 21.4. The van der Waals surface area contributed by atoms with Crippen molar-refractivity contribution in [2.45, 2.75) is 13.3 Å². The third-order valence-corrected chi connectivity index (χ3v) is 7.18. The molecule has 2 heterocycles. The van der Waals surface area contributed by atoms with Crippen LogP contribution in [0.1, 0.15) is 6.92 Å². The molecule has 1 fully saturated rings. The van der Waals surface area contributed by atoms with Gasteiger partial charge >= 0.3 is 12.4 Å². The van der Waals surface area contributed by atoms with Crippen LogP contribution < -0.4 is 24.6 Å². The Bertz CT molecular complexity index is 1760. The van der Waals surface area contributed by atoms with Crippen molar-refractivity contribution in [2.75, 3.05) is 41.6 Å². The first-order valence-electron chi connectivity index (χ1n) is 13.3. The average Bonchev–Trinajstić information content (AvgIpc) is 3.61. The van der Waals surface area contributed by atoms with Gasteiger partial charge in [0.15, 0.2) is 11.0 Å². The van der Waals surface area contributed by atoms with Crippen molar-refractivity contribution in [3.8, 4) is 28.6 Å². The number of benzene rings is 3. The molecule has 11 nitrogen and oxygen atoms in total. The summed E-state index contributed by atoms with van der Waals surface area (Å²) in [6, 6.07) is 13.3. The molecule has 1 aromatic heterocycles. The normalized spacial score (nSPS) is 14.2. The molecule has 3 aromatic carbocycles. The van der Waals surface area contributed by atoms with Crippen LogP contribution in [0, 0.1) is 5.82 Å². The summed E-state index contributed by atoms with van der Waals surface area (Å²) >= 11 is 1.07. The molecule has 5 rings (SSSR count). The molecule has 16 heteroatoms. The van der Waals surface area contributed by atoms with Crippen LogP contribution >= 0.6 is 11.8 Å². The highest BCUT2D eigenvalue weighted by Gasteiger charge is 2.33. The van der Waals surface area contributed by atoms with Gasteiger partial charge in [0.2, 0.25) is 5.91 Å². The SMILES string of the molecule is CCOc1ccc(N(C)C)cc1N1C(=O)CS/C1=N\C(=O)Nc1ccc(-c2ncn(-c3ccc(OC(F)(F)F)cc3)n2)cc1F. The zero-order valence-corrected chi connectivity index (χ0v) is 24.8. The fourth-order valence-corrected chi connectivity index (χ4v) is 5.08. The van der Waals surface area contributed by atoms with Crippen molar-refractivity contribution in [3.05, 3.63) is 72.8 Å². The van der Waals surface area contributed by atoms with E-state index in [-0.39, 0.29) is 33.9 Å². The maximum atomic E-state index is 15.1. The number of urea groups is 1. The van der Waals surface area contributed by atoms with E-state index in [1.807, 2.05) is 32.0 Å². The summed E-state index contributed by atoms with van der Waals surface area (Å²) in [6.45, 7) is 2.17. The van der Waals surface area contributed by atoms with Crippen LogP contribution in [-0.2, 0) is 4.79 Å². The Morgan fingerprint density at radius 2 is 1.87 bits per heavy atom. The molecule has 3 amide bonds. The first-order valence-corrected chi connectivity index (χ1v) is 14.3. The second kappa shape index (κ2) is 12.9. The number of aromatic nitrogens is 3. The third-order valence-electron chi connectivity index (χ3n) is 6.26. The molecule has 4 aromatic rings. The number of anilines is 3. The summed E-state index contributed by atoms with van der Waals surface area (Å²) in [5.41, 5.74) is 1.73. The number of amidine groups is 1. The number of thioether (sulfide) groups is 1. The molecular formula is C29H25F4N7O4S. The highest BCUT2D eigenvalue weighted by molar-refractivity contribution is 8.15. The minimum atomic E-state index is -4.81. The Balaban J connectivity index is 1.31. The molecule has 1 aliphatic rings. The van der Waals surface area contributed by atoms with Gasteiger partial charge in [0.05, 0.1) is 29.4 Å². The lowest BCUT2D eigenvalue weighted by molar-refractivity contribution is -0.274. The van der Waals surface area contributed by atoms with Gasteiger partial charge < -0.3 is 19.7 Å². The van der Waals surface area contributed by atoms with Crippen molar-refractivity contribution in [1.29, 1.82) is 0 Å². The molecule has 234 valence electrons. The van der Waals surface area contributed by atoms with Crippen molar-refractivity contribution in [3.63, 3.8) is 0 Å². The fourth-order valence-electron chi connectivity index (χ4n) is 4.22. The lowest BCUT2D eigenvalue weighted by Crippen LogP contribution is -2.31. The molecule has 45 heavy (non-hydrogen) atoms. The predicted molar refractivity (Wildman–Crippen MR) is 162 cm³/mol. The van der Waals surface area contributed by atoms with E-state index in [0.29, 0.717) is 23.7 Å². The quantitative estimate of drug-likeness (QED) is 0.229. The van der Waals surface area contributed by atoms with Gasteiger partial charge in [0, 0.05) is 25.3 Å². The van der Waals surface area contributed by atoms with Crippen LogP contribution in [0.4, 0.5) is 39.4 Å². The zero-order chi connectivity index (χ0) is 32.3. The number of hydrogen-bond acceptors (Lipinski definition) is 8. The molecular weight excluding hydrogens is 618 g/mol. The Morgan fingerprint density at radius 3 is 2.53 bits per heavy atom. The number of alkyl halides is 3. The van der Waals surface area contributed by atoms with Gasteiger partial charge in [0.25, 0.3) is 0 Å². The monoisotopic (exact) mass is 643 g/mol. The highest BCUT2D eigenvalue weighted by Crippen LogP contribution is 2.37. The van der Waals surface area contributed by atoms with Crippen LogP contribution in [-0.4, -0.2) is 64.7 Å². The smallest absolute Gasteiger partial charge is 0.492 e. The Morgan fingerprint density at radius 1 is 1.11 bits per heavy atom.